The summed E-state index contributed by atoms with van der Waals surface area (Å²) in [5, 5.41) is 20.9. The van der Waals surface area contributed by atoms with Gasteiger partial charge in [-0.3, -0.25) is 4.79 Å². The van der Waals surface area contributed by atoms with Crippen LogP contribution in [0.2, 0.25) is 0 Å². The Labute approximate surface area is 134 Å². The second-order valence-electron chi connectivity index (χ2n) is 8.06. The minimum atomic E-state index is -0.267. The van der Waals surface area contributed by atoms with Crippen LogP contribution in [-0.2, 0) is 4.79 Å². The van der Waals surface area contributed by atoms with E-state index in [1.54, 1.807) is 0 Å². The average Bonchev–Trinajstić information content (AvgIpc) is 2.54. The predicted octanol–water partition coefficient (Wildman–Crippen LogP) is 3.46. The SMILES string of the molecule is CC[C@@]12CC[C@H](O)[C@@H](CC[C@@H](O)C3CCCCC3)[C@@H]1CC2=O. The van der Waals surface area contributed by atoms with Gasteiger partial charge in [-0.25, -0.2) is 0 Å². The lowest BCUT2D eigenvalue weighted by atomic mass is 9.47. The number of Topliss-reactive ketones (excluding diaryl/α,β-unsaturated/α-hetero) is 1. The molecule has 2 N–H and O–H groups in total. The van der Waals surface area contributed by atoms with Crippen molar-refractivity contribution in [3.8, 4) is 0 Å². The number of carbonyl (C=O) groups excluding carboxylic acids is 1. The van der Waals surface area contributed by atoms with Crippen LogP contribution in [0.5, 0.6) is 0 Å². The molecule has 3 rings (SSSR count). The van der Waals surface area contributed by atoms with E-state index in [4.69, 9.17) is 0 Å². The molecule has 5 atom stereocenters. The van der Waals surface area contributed by atoms with E-state index in [0.29, 0.717) is 24.0 Å². The minimum Gasteiger partial charge on any atom is -0.393 e. The second-order valence-corrected chi connectivity index (χ2v) is 8.06. The third kappa shape index (κ3) is 2.75. The summed E-state index contributed by atoms with van der Waals surface area (Å²) in [5.41, 5.74) is -0.125. The van der Waals surface area contributed by atoms with E-state index in [1.165, 1.54) is 19.3 Å². The van der Waals surface area contributed by atoms with Gasteiger partial charge in [0.25, 0.3) is 0 Å². The van der Waals surface area contributed by atoms with Crippen molar-refractivity contribution in [1.29, 1.82) is 0 Å². The Morgan fingerprint density at radius 2 is 1.95 bits per heavy atom. The van der Waals surface area contributed by atoms with Crippen LogP contribution in [0.3, 0.4) is 0 Å². The molecule has 126 valence electrons. The Balaban J connectivity index is 1.57. The normalized spacial score (nSPS) is 40.9. The fourth-order valence-electron chi connectivity index (χ4n) is 5.60. The maximum atomic E-state index is 12.1. The zero-order valence-corrected chi connectivity index (χ0v) is 14.0. The molecule has 3 fully saturated rings. The molecule has 3 aliphatic carbocycles. The van der Waals surface area contributed by atoms with Gasteiger partial charge in [0, 0.05) is 11.8 Å². The number of hydrogen-bond donors (Lipinski definition) is 2. The largest absolute Gasteiger partial charge is 0.393 e. The van der Waals surface area contributed by atoms with Crippen LogP contribution in [0.25, 0.3) is 0 Å². The quantitative estimate of drug-likeness (QED) is 0.817. The molecule has 0 aromatic carbocycles. The summed E-state index contributed by atoms with van der Waals surface area (Å²) in [6, 6.07) is 0. The van der Waals surface area contributed by atoms with Gasteiger partial charge in [-0.05, 0) is 62.7 Å². The van der Waals surface area contributed by atoms with Crippen molar-refractivity contribution < 1.29 is 15.0 Å². The van der Waals surface area contributed by atoms with Gasteiger partial charge in [0.05, 0.1) is 12.2 Å². The summed E-state index contributed by atoms with van der Waals surface area (Å²) < 4.78 is 0. The first kappa shape index (κ1) is 16.4. The lowest BCUT2D eigenvalue weighted by molar-refractivity contribution is -0.165. The molecule has 0 saturated heterocycles. The molecule has 0 radical (unpaired) electrons. The lowest BCUT2D eigenvalue weighted by Crippen LogP contribution is -2.58. The zero-order valence-electron chi connectivity index (χ0n) is 14.0. The Bertz CT molecular complexity index is 401. The number of fused-ring (bicyclic) bond motifs is 1. The number of aliphatic hydroxyl groups is 2. The number of ketones is 1. The third-order valence-electron chi connectivity index (χ3n) is 7.19. The van der Waals surface area contributed by atoms with Crippen LogP contribution < -0.4 is 0 Å². The molecule has 0 spiro atoms. The van der Waals surface area contributed by atoms with Gasteiger partial charge >= 0.3 is 0 Å². The standard InChI is InChI=1S/C19H32O3/c1-2-19-11-10-17(21)14(15(19)12-18(19)22)8-9-16(20)13-6-4-3-5-7-13/h13-17,20-21H,2-12H2,1H3/t14-,15-,16+,17-,19+/m0/s1. The second kappa shape index (κ2) is 6.60. The molecule has 22 heavy (non-hydrogen) atoms. The van der Waals surface area contributed by atoms with Crippen molar-refractivity contribution in [2.45, 2.75) is 89.8 Å². The highest BCUT2D eigenvalue weighted by Crippen LogP contribution is 2.58. The Morgan fingerprint density at radius 3 is 2.59 bits per heavy atom. The van der Waals surface area contributed by atoms with Crippen LogP contribution in [0.4, 0.5) is 0 Å². The van der Waals surface area contributed by atoms with E-state index in [1.807, 2.05) is 0 Å². The van der Waals surface area contributed by atoms with Crippen molar-refractivity contribution in [2.24, 2.45) is 23.2 Å². The molecule has 3 saturated carbocycles. The molecule has 0 heterocycles. The minimum absolute atomic E-state index is 0.125. The highest BCUT2D eigenvalue weighted by molar-refractivity contribution is 5.91. The number of hydrogen-bond acceptors (Lipinski definition) is 3. The molecular formula is C19H32O3. The fraction of sp³-hybridized carbons (Fsp3) is 0.947. The first-order valence-corrected chi connectivity index (χ1v) is 9.48. The van der Waals surface area contributed by atoms with Gasteiger partial charge in [-0.15, -0.1) is 0 Å². The molecule has 3 aliphatic rings. The first-order valence-electron chi connectivity index (χ1n) is 9.48. The van der Waals surface area contributed by atoms with Gasteiger partial charge in [0.1, 0.15) is 5.78 Å². The van der Waals surface area contributed by atoms with E-state index in [0.717, 1.165) is 44.9 Å². The van der Waals surface area contributed by atoms with Crippen molar-refractivity contribution in [1.82, 2.24) is 0 Å². The molecule has 3 heteroatoms. The number of carbonyl (C=O) groups is 1. The molecule has 0 aliphatic heterocycles. The summed E-state index contributed by atoms with van der Waals surface area (Å²) in [4.78, 5) is 12.1. The third-order valence-corrected chi connectivity index (χ3v) is 7.19. The molecule has 0 bridgehead atoms. The zero-order chi connectivity index (χ0) is 15.7. The summed E-state index contributed by atoms with van der Waals surface area (Å²) in [6.45, 7) is 2.12. The van der Waals surface area contributed by atoms with Crippen LogP contribution >= 0.6 is 0 Å². The van der Waals surface area contributed by atoms with Gasteiger partial charge < -0.3 is 10.2 Å². The molecule has 0 aromatic heterocycles. The first-order chi connectivity index (χ1) is 10.6. The lowest BCUT2D eigenvalue weighted by Gasteiger charge is -2.56. The Kier molecular flexibility index (Phi) is 4.94. The number of rotatable bonds is 5. The van der Waals surface area contributed by atoms with E-state index < -0.39 is 0 Å². The molecular weight excluding hydrogens is 276 g/mol. The van der Waals surface area contributed by atoms with Crippen LogP contribution in [-0.4, -0.2) is 28.2 Å². The van der Waals surface area contributed by atoms with Crippen molar-refractivity contribution >= 4 is 5.78 Å². The highest BCUT2D eigenvalue weighted by Gasteiger charge is 2.59. The summed E-state index contributed by atoms with van der Waals surface area (Å²) >= 11 is 0. The van der Waals surface area contributed by atoms with Crippen molar-refractivity contribution in [3.63, 3.8) is 0 Å². The van der Waals surface area contributed by atoms with Crippen LogP contribution in [0.1, 0.15) is 77.6 Å². The monoisotopic (exact) mass is 308 g/mol. The smallest absolute Gasteiger partial charge is 0.139 e. The van der Waals surface area contributed by atoms with Crippen molar-refractivity contribution in [3.05, 3.63) is 0 Å². The van der Waals surface area contributed by atoms with Gasteiger partial charge in [0.2, 0.25) is 0 Å². The van der Waals surface area contributed by atoms with Crippen molar-refractivity contribution in [2.75, 3.05) is 0 Å². The van der Waals surface area contributed by atoms with E-state index in [-0.39, 0.29) is 23.5 Å². The van der Waals surface area contributed by atoms with Crippen LogP contribution in [0.15, 0.2) is 0 Å². The van der Waals surface area contributed by atoms with Gasteiger partial charge in [0.15, 0.2) is 0 Å². The van der Waals surface area contributed by atoms with Gasteiger partial charge in [-0.1, -0.05) is 26.2 Å². The highest BCUT2D eigenvalue weighted by atomic mass is 16.3. The molecule has 3 nitrogen and oxygen atoms in total. The van der Waals surface area contributed by atoms with E-state index in [2.05, 4.69) is 6.92 Å². The molecule has 0 unspecified atom stereocenters. The fourth-order valence-corrected chi connectivity index (χ4v) is 5.60. The maximum absolute atomic E-state index is 12.1. The topological polar surface area (TPSA) is 57.5 Å². The molecule has 0 aromatic rings. The maximum Gasteiger partial charge on any atom is 0.139 e. The summed E-state index contributed by atoms with van der Waals surface area (Å²) in [7, 11) is 0. The molecule has 0 amide bonds. The van der Waals surface area contributed by atoms with Crippen LogP contribution in [0, 0.1) is 23.2 Å². The summed E-state index contributed by atoms with van der Waals surface area (Å²) in [6.07, 6.45) is 10.6. The number of aliphatic hydroxyl groups excluding tert-OH is 2. The predicted molar refractivity (Wildman–Crippen MR) is 86.4 cm³/mol. The van der Waals surface area contributed by atoms with Gasteiger partial charge in [-0.2, -0.15) is 0 Å². The summed E-state index contributed by atoms with van der Waals surface area (Å²) in [5.74, 6) is 1.48. The average molecular weight is 308 g/mol. The van der Waals surface area contributed by atoms with E-state index >= 15 is 0 Å². The van der Waals surface area contributed by atoms with E-state index in [9.17, 15) is 15.0 Å². The Morgan fingerprint density at radius 1 is 1.23 bits per heavy atom. The Hall–Kier alpha value is -0.410.